The molecule has 0 bridgehead atoms. The summed E-state index contributed by atoms with van der Waals surface area (Å²) in [5, 5.41) is 34.7. The Balaban J connectivity index is 2.14. The number of rotatable bonds is 10. The van der Waals surface area contributed by atoms with Crippen LogP contribution in [0.15, 0.2) is 72.8 Å². The first-order chi connectivity index (χ1) is 15.0. The van der Waals surface area contributed by atoms with Crippen molar-refractivity contribution in [3.8, 4) is 0 Å². The minimum atomic E-state index is -1.35. The van der Waals surface area contributed by atoms with Crippen LogP contribution < -0.4 is 0 Å². The van der Waals surface area contributed by atoms with Crippen LogP contribution in [0.3, 0.4) is 0 Å². The average molecular weight is 424 g/mol. The summed E-state index contributed by atoms with van der Waals surface area (Å²) in [7, 11) is 0. The second kappa shape index (κ2) is 10.4. The van der Waals surface area contributed by atoms with E-state index in [1.165, 1.54) is 0 Å². The van der Waals surface area contributed by atoms with E-state index in [0.717, 1.165) is 21.9 Å². The molecule has 31 heavy (non-hydrogen) atoms. The van der Waals surface area contributed by atoms with Gasteiger partial charge in [-0.15, -0.1) is 0 Å². The number of hydrogen-bond acceptors (Lipinski definition) is 5. The molecule has 3 aromatic carbocycles. The average Bonchev–Trinajstić information content (AvgIpc) is 2.81. The van der Waals surface area contributed by atoms with E-state index < -0.39 is 25.4 Å². The van der Waals surface area contributed by atoms with Crippen LogP contribution in [0.25, 0.3) is 10.8 Å². The molecule has 0 fully saturated rings. The highest BCUT2D eigenvalue weighted by molar-refractivity contribution is 5.86. The molecule has 0 saturated heterocycles. The van der Waals surface area contributed by atoms with Gasteiger partial charge in [0.05, 0.1) is 25.9 Å². The highest BCUT2D eigenvalue weighted by atomic mass is 16.7. The van der Waals surface area contributed by atoms with Gasteiger partial charge in [0.25, 0.3) is 0 Å². The second-order valence-electron chi connectivity index (χ2n) is 8.44. The van der Waals surface area contributed by atoms with Crippen LogP contribution >= 0.6 is 0 Å². The summed E-state index contributed by atoms with van der Waals surface area (Å²) < 4.78 is 0. The molecule has 0 heterocycles. The normalized spacial score (nSPS) is 14.3. The molecule has 5 nitrogen and oxygen atoms in total. The van der Waals surface area contributed by atoms with Crippen LogP contribution in [-0.2, 0) is 4.84 Å². The molecular formula is C26H33NO4. The fraction of sp³-hybridized carbons (Fsp3) is 0.385. The molecule has 2 atom stereocenters. The lowest BCUT2D eigenvalue weighted by atomic mass is 9.88. The van der Waals surface area contributed by atoms with Crippen molar-refractivity contribution in [3.63, 3.8) is 0 Å². The van der Waals surface area contributed by atoms with Gasteiger partial charge in [-0.25, -0.2) is 0 Å². The van der Waals surface area contributed by atoms with Crippen molar-refractivity contribution in [1.82, 2.24) is 5.06 Å². The molecule has 0 aliphatic heterocycles. The van der Waals surface area contributed by atoms with Gasteiger partial charge in [0.2, 0.25) is 0 Å². The molecule has 5 heteroatoms. The van der Waals surface area contributed by atoms with E-state index in [1.54, 1.807) is 5.06 Å². The van der Waals surface area contributed by atoms with E-state index in [4.69, 9.17) is 4.84 Å². The van der Waals surface area contributed by atoms with Gasteiger partial charge in [-0.2, -0.15) is 5.06 Å². The minimum Gasteiger partial charge on any atom is -0.394 e. The third-order valence-corrected chi connectivity index (χ3v) is 5.92. The van der Waals surface area contributed by atoms with Gasteiger partial charge in [0.15, 0.2) is 0 Å². The number of nitrogens with zero attached hydrogens (tertiary/aromatic N) is 1. The van der Waals surface area contributed by atoms with Crippen LogP contribution in [0.4, 0.5) is 0 Å². The highest BCUT2D eigenvalue weighted by Gasteiger charge is 2.44. The summed E-state index contributed by atoms with van der Waals surface area (Å²) in [4.78, 5) is 6.45. The predicted molar refractivity (Wildman–Crippen MR) is 123 cm³/mol. The number of hydroxylamine groups is 2. The van der Waals surface area contributed by atoms with Crippen molar-refractivity contribution < 1.29 is 20.2 Å². The largest absolute Gasteiger partial charge is 0.394 e. The molecule has 2 unspecified atom stereocenters. The third-order valence-electron chi connectivity index (χ3n) is 5.92. The van der Waals surface area contributed by atoms with E-state index in [9.17, 15) is 15.3 Å². The zero-order valence-corrected chi connectivity index (χ0v) is 18.5. The lowest BCUT2D eigenvalue weighted by molar-refractivity contribution is -0.302. The molecule has 0 aromatic heterocycles. The molecule has 0 spiro atoms. The molecule has 0 amide bonds. The topological polar surface area (TPSA) is 73.2 Å². The Kier molecular flexibility index (Phi) is 7.81. The fourth-order valence-corrected chi connectivity index (χ4v) is 4.05. The molecule has 0 aliphatic rings. The monoisotopic (exact) mass is 423 g/mol. The first-order valence-corrected chi connectivity index (χ1v) is 10.8. The smallest absolute Gasteiger partial charge is 0.116 e. The van der Waals surface area contributed by atoms with Crippen LogP contribution in [0.1, 0.15) is 44.0 Å². The van der Waals surface area contributed by atoms with Crippen molar-refractivity contribution in [2.75, 3.05) is 19.8 Å². The standard InChI is InChI=1S/C26H33NO4/c1-19(2)25(24-15-9-13-22-12-7-8-14-23(22)24)27(26(16-28,17-29)18-30)31-20(3)21-10-5-4-6-11-21/h4-15,19-20,25,28-30H,16-18H2,1-3H3. The van der Waals surface area contributed by atoms with Gasteiger partial charge >= 0.3 is 0 Å². The van der Waals surface area contributed by atoms with Crippen LogP contribution in [-0.4, -0.2) is 45.7 Å². The fourth-order valence-electron chi connectivity index (χ4n) is 4.05. The van der Waals surface area contributed by atoms with Gasteiger partial charge in [-0.1, -0.05) is 86.6 Å². The minimum absolute atomic E-state index is 0.0674. The number of aliphatic hydroxyl groups excluding tert-OH is 3. The maximum Gasteiger partial charge on any atom is 0.116 e. The first-order valence-electron chi connectivity index (χ1n) is 10.8. The lowest BCUT2D eigenvalue weighted by Gasteiger charge is -2.46. The van der Waals surface area contributed by atoms with Crippen LogP contribution in [0, 0.1) is 5.92 Å². The zero-order chi connectivity index (χ0) is 22.4. The SMILES string of the molecule is CC(ON(C(c1cccc2ccccc12)C(C)C)C(CO)(CO)CO)c1ccccc1. The number of benzene rings is 3. The zero-order valence-electron chi connectivity index (χ0n) is 18.5. The van der Waals surface area contributed by atoms with E-state index >= 15 is 0 Å². The second-order valence-corrected chi connectivity index (χ2v) is 8.44. The highest BCUT2D eigenvalue weighted by Crippen LogP contribution is 2.39. The Morgan fingerprint density at radius 2 is 1.35 bits per heavy atom. The Labute approximate surface area is 184 Å². The Hall–Kier alpha value is -2.28. The molecule has 3 aromatic rings. The number of fused-ring (bicyclic) bond motifs is 1. The Bertz CT molecular complexity index is 942. The number of aliphatic hydroxyl groups is 3. The molecule has 3 N–H and O–H groups in total. The Morgan fingerprint density at radius 1 is 0.774 bits per heavy atom. The number of hydrogen-bond donors (Lipinski definition) is 3. The molecule has 3 rings (SSSR count). The summed E-state index contributed by atoms with van der Waals surface area (Å²) >= 11 is 0. The van der Waals surface area contributed by atoms with Crippen molar-refractivity contribution in [3.05, 3.63) is 83.9 Å². The van der Waals surface area contributed by atoms with Gasteiger partial charge in [-0.3, -0.25) is 4.84 Å². The van der Waals surface area contributed by atoms with Gasteiger partial charge < -0.3 is 15.3 Å². The maximum atomic E-state index is 10.3. The van der Waals surface area contributed by atoms with Crippen molar-refractivity contribution in [2.45, 2.75) is 38.5 Å². The van der Waals surface area contributed by atoms with Gasteiger partial charge in [0.1, 0.15) is 11.6 Å². The van der Waals surface area contributed by atoms with E-state index in [2.05, 4.69) is 32.0 Å². The quantitative estimate of drug-likeness (QED) is 0.425. The molecule has 0 saturated carbocycles. The Morgan fingerprint density at radius 3 is 1.97 bits per heavy atom. The van der Waals surface area contributed by atoms with Crippen molar-refractivity contribution in [2.24, 2.45) is 5.92 Å². The first kappa shape index (κ1) is 23.4. The summed E-state index contributed by atoms with van der Waals surface area (Å²) in [6, 6.07) is 23.7. The third kappa shape index (κ3) is 4.81. The molecule has 166 valence electrons. The van der Waals surface area contributed by atoms with Gasteiger partial charge in [-0.05, 0) is 34.7 Å². The summed E-state index contributed by atoms with van der Waals surface area (Å²) in [5.74, 6) is 0.0674. The summed E-state index contributed by atoms with van der Waals surface area (Å²) in [6.45, 7) is 4.74. The van der Waals surface area contributed by atoms with Crippen LogP contribution in [0.5, 0.6) is 0 Å². The van der Waals surface area contributed by atoms with Gasteiger partial charge in [0, 0.05) is 0 Å². The summed E-state index contributed by atoms with van der Waals surface area (Å²) in [5.41, 5.74) is 0.637. The maximum absolute atomic E-state index is 10.3. The van der Waals surface area contributed by atoms with Crippen LogP contribution in [0.2, 0.25) is 0 Å². The van der Waals surface area contributed by atoms with Crippen molar-refractivity contribution >= 4 is 10.8 Å². The molecule has 0 radical (unpaired) electrons. The van der Waals surface area contributed by atoms with Crippen molar-refractivity contribution in [1.29, 1.82) is 0 Å². The lowest BCUT2D eigenvalue weighted by Crippen LogP contribution is -2.59. The van der Waals surface area contributed by atoms with E-state index in [0.29, 0.717) is 0 Å². The van der Waals surface area contributed by atoms with E-state index in [1.807, 2.05) is 61.5 Å². The molecular weight excluding hydrogens is 390 g/mol. The summed E-state index contributed by atoms with van der Waals surface area (Å²) in [6.07, 6.45) is -0.346. The molecule has 0 aliphatic carbocycles. The van der Waals surface area contributed by atoms with E-state index in [-0.39, 0.29) is 18.1 Å². The predicted octanol–water partition coefficient (Wildman–Crippen LogP) is 4.25.